The molecule has 1 aromatic rings. The monoisotopic (exact) mass is 291 g/mol. The van der Waals surface area contributed by atoms with Crippen LogP contribution in [0.5, 0.6) is 0 Å². The SMILES string of the molecule is CC(C(=O)NC(N)=O)N1CC(C(=O)O)Cc2ccccc21. The van der Waals surface area contributed by atoms with E-state index in [9.17, 15) is 19.5 Å². The molecule has 2 rings (SSSR count). The summed E-state index contributed by atoms with van der Waals surface area (Å²) < 4.78 is 0. The minimum absolute atomic E-state index is 0.208. The molecule has 1 aliphatic heterocycles. The number of hydrogen-bond acceptors (Lipinski definition) is 4. The van der Waals surface area contributed by atoms with Crippen LogP contribution in [0.1, 0.15) is 12.5 Å². The first-order chi connectivity index (χ1) is 9.90. The van der Waals surface area contributed by atoms with Gasteiger partial charge in [0.1, 0.15) is 6.04 Å². The summed E-state index contributed by atoms with van der Waals surface area (Å²) in [5.41, 5.74) is 6.63. The van der Waals surface area contributed by atoms with Gasteiger partial charge in [-0.2, -0.15) is 0 Å². The van der Waals surface area contributed by atoms with E-state index < -0.39 is 29.9 Å². The van der Waals surface area contributed by atoms with Crippen molar-refractivity contribution < 1.29 is 19.5 Å². The highest BCUT2D eigenvalue weighted by Gasteiger charge is 2.33. The van der Waals surface area contributed by atoms with E-state index in [4.69, 9.17) is 5.73 Å². The van der Waals surface area contributed by atoms with Crippen LogP contribution >= 0.6 is 0 Å². The standard InChI is InChI=1S/C14H17N3O4/c1-8(12(18)16-14(15)21)17-7-10(13(19)20)6-9-4-2-3-5-11(9)17/h2-5,8,10H,6-7H2,1H3,(H,19,20)(H3,15,16,18,21). The smallest absolute Gasteiger partial charge is 0.318 e. The van der Waals surface area contributed by atoms with Crippen molar-refractivity contribution in [2.45, 2.75) is 19.4 Å². The van der Waals surface area contributed by atoms with E-state index in [1.54, 1.807) is 11.8 Å². The number of nitrogens with zero attached hydrogens (tertiary/aromatic N) is 1. The first-order valence-corrected chi connectivity index (χ1v) is 6.57. The Hall–Kier alpha value is -2.57. The van der Waals surface area contributed by atoms with Crippen molar-refractivity contribution in [3.8, 4) is 0 Å². The number of aliphatic carboxylic acids is 1. The van der Waals surface area contributed by atoms with Crippen LogP contribution in [0.4, 0.5) is 10.5 Å². The summed E-state index contributed by atoms with van der Waals surface area (Å²) in [6.45, 7) is 1.82. The van der Waals surface area contributed by atoms with E-state index in [1.165, 1.54) is 0 Å². The lowest BCUT2D eigenvalue weighted by Crippen LogP contribution is -2.52. The number of urea groups is 1. The lowest BCUT2D eigenvalue weighted by atomic mass is 9.91. The molecule has 1 aromatic carbocycles. The van der Waals surface area contributed by atoms with Crippen molar-refractivity contribution in [1.29, 1.82) is 0 Å². The number of hydrogen-bond donors (Lipinski definition) is 3. The van der Waals surface area contributed by atoms with Crippen molar-refractivity contribution in [2.75, 3.05) is 11.4 Å². The van der Waals surface area contributed by atoms with Crippen molar-refractivity contribution in [3.05, 3.63) is 29.8 Å². The Bertz CT molecular complexity index is 587. The summed E-state index contributed by atoms with van der Waals surface area (Å²) in [7, 11) is 0. The largest absolute Gasteiger partial charge is 0.481 e. The molecule has 3 amide bonds. The Morgan fingerprint density at radius 2 is 2.05 bits per heavy atom. The van der Waals surface area contributed by atoms with Crippen LogP contribution in [0.15, 0.2) is 24.3 Å². The van der Waals surface area contributed by atoms with Gasteiger partial charge in [0.05, 0.1) is 5.92 Å². The quantitative estimate of drug-likeness (QED) is 0.743. The lowest BCUT2D eigenvalue weighted by Gasteiger charge is -2.37. The highest BCUT2D eigenvalue weighted by molar-refractivity contribution is 5.97. The maximum Gasteiger partial charge on any atom is 0.318 e. The van der Waals surface area contributed by atoms with Gasteiger partial charge < -0.3 is 15.7 Å². The summed E-state index contributed by atoms with van der Waals surface area (Å²) in [6, 6.07) is 5.71. The van der Waals surface area contributed by atoms with Gasteiger partial charge in [-0.05, 0) is 25.0 Å². The van der Waals surface area contributed by atoms with Gasteiger partial charge in [-0.15, -0.1) is 0 Å². The third-order valence-electron chi connectivity index (χ3n) is 3.63. The van der Waals surface area contributed by atoms with Gasteiger partial charge in [0.15, 0.2) is 0 Å². The van der Waals surface area contributed by atoms with Crippen LogP contribution in [0.25, 0.3) is 0 Å². The molecule has 0 spiro atoms. The van der Waals surface area contributed by atoms with Crippen molar-refractivity contribution in [2.24, 2.45) is 11.7 Å². The molecule has 1 aliphatic rings. The Balaban J connectivity index is 2.30. The zero-order chi connectivity index (χ0) is 15.6. The van der Waals surface area contributed by atoms with Gasteiger partial charge in [0.25, 0.3) is 0 Å². The topological polar surface area (TPSA) is 113 Å². The van der Waals surface area contributed by atoms with Crippen molar-refractivity contribution >= 4 is 23.6 Å². The number of anilines is 1. The summed E-state index contributed by atoms with van der Waals surface area (Å²) in [4.78, 5) is 35.7. The van der Waals surface area contributed by atoms with Crippen LogP contribution in [-0.2, 0) is 16.0 Å². The van der Waals surface area contributed by atoms with Gasteiger partial charge in [-0.3, -0.25) is 14.9 Å². The number of carboxylic acid groups (broad SMARTS) is 1. The van der Waals surface area contributed by atoms with Crippen LogP contribution in [0, 0.1) is 5.92 Å². The zero-order valence-corrected chi connectivity index (χ0v) is 11.6. The Kier molecular flexibility index (Phi) is 4.11. The number of para-hydroxylation sites is 1. The van der Waals surface area contributed by atoms with Crippen LogP contribution in [-0.4, -0.2) is 35.6 Å². The number of fused-ring (bicyclic) bond motifs is 1. The summed E-state index contributed by atoms with van der Waals surface area (Å²) in [6.07, 6.45) is 0.423. The molecule has 21 heavy (non-hydrogen) atoms. The molecule has 0 bridgehead atoms. The third-order valence-corrected chi connectivity index (χ3v) is 3.63. The number of nitrogens with two attached hydrogens (primary N) is 1. The van der Waals surface area contributed by atoms with Gasteiger partial charge in [0, 0.05) is 12.2 Å². The molecular formula is C14H17N3O4. The number of nitrogens with one attached hydrogen (secondary N) is 1. The second kappa shape index (κ2) is 5.82. The maximum absolute atomic E-state index is 11.9. The molecule has 0 fully saturated rings. The molecule has 0 radical (unpaired) electrons. The third kappa shape index (κ3) is 3.13. The van der Waals surface area contributed by atoms with Gasteiger partial charge in [-0.1, -0.05) is 18.2 Å². The average molecular weight is 291 g/mol. The number of benzene rings is 1. The Morgan fingerprint density at radius 3 is 2.67 bits per heavy atom. The molecule has 2 atom stereocenters. The number of amides is 3. The van der Waals surface area contributed by atoms with Gasteiger partial charge in [0.2, 0.25) is 5.91 Å². The molecule has 7 heteroatoms. The highest BCUT2D eigenvalue weighted by atomic mass is 16.4. The fourth-order valence-electron chi connectivity index (χ4n) is 2.53. The van der Waals surface area contributed by atoms with E-state index in [-0.39, 0.29) is 6.54 Å². The molecule has 2 unspecified atom stereocenters. The number of carbonyl (C=O) groups is 3. The predicted octanol–water partition coefficient (Wildman–Crippen LogP) is 0.333. The minimum atomic E-state index is -0.924. The zero-order valence-electron chi connectivity index (χ0n) is 11.6. The molecule has 0 aliphatic carbocycles. The number of carbonyl (C=O) groups excluding carboxylic acids is 2. The van der Waals surface area contributed by atoms with E-state index in [0.29, 0.717) is 6.42 Å². The van der Waals surface area contributed by atoms with Crippen LogP contribution < -0.4 is 16.0 Å². The highest BCUT2D eigenvalue weighted by Crippen LogP contribution is 2.31. The number of imide groups is 1. The van der Waals surface area contributed by atoms with Crippen molar-refractivity contribution in [1.82, 2.24) is 5.32 Å². The normalized spacial score (nSPS) is 18.5. The molecule has 112 valence electrons. The minimum Gasteiger partial charge on any atom is -0.481 e. The van der Waals surface area contributed by atoms with E-state index in [2.05, 4.69) is 0 Å². The molecule has 0 saturated carbocycles. The fraction of sp³-hybridized carbons (Fsp3) is 0.357. The molecule has 4 N–H and O–H groups in total. The first kappa shape index (κ1) is 14.8. The number of carboxylic acids is 1. The van der Waals surface area contributed by atoms with E-state index in [0.717, 1.165) is 11.3 Å². The molecular weight excluding hydrogens is 274 g/mol. The molecule has 1 heterocycles. The molecule has 7 nitrogen and oxygen atoms in total. The first-order valence-electron chi connectivity index (χ1n) is 6.57. The van der Waals surface area contributed by atoms with E-state index in [1.807, 2.05) is 29.6 Å². The van der Waals surface area contributed by atoms with Crippen LogP contribution in [0.3, 0.4) is 0 Å². The predicted molar refractivity (Wildman–Crippen MR) is 75.8 cm³/mol. The fourth-order valence-corrected chi connectivity index (χ4v) is 2.53. The average Bonchev–Trinajstić information content (AvgIpc) is 2.44. The second-order valence-electron chi connectivity index (χ2n) is 5.05. The molecule has 0 aromatic heterocycles. The van der Waals surface area contributed by atoms with Crippen molar-refractivity contribution in [3.63, 3.8) is 0 Å². The lowest BCUT2D eigenvalue weighted by molar-refractivity contribution is -0.141. The summed E-state index contributed by atoms with van der Waals surface area (Å²) >= 11 is 0. The summed E-state index contributed by atoms with van der Waals surface area (Å²) in [5.74, 6) is -2.05. The number of rotatable bonds is 3. The second-order valence-corrected chi connectivity index (χ2v) is 5.05. The maximum atomic E-state index is 11.9. The summed E-state index contributed by atoms with van der Waals surface area (Å²) in [5, 5.41) is 11.3. The Labute approximate surface area is 121 Å². The van der Waals surface area contributed by atoms with E-state index >= 15 is 0 Å². The van der Waals surface area contributed by atoms with Gasteiger partial charge >= 0.3 is 12.0 Å². The van der Waals surface area contributed by atoms with Gasteiger partial charge in [-0.25, -0.2) is 4.79 Å². The Morgan fingerprint density at radius 1 is 1.38 bits per heavy atom. The van der Waals surface area contributed by atoms with Crippen LogP contribution in [0.2, 0.25) is 0 Å². The number of primary amides is 1. The molecule has 0 saturated heterocycles.